The number of carboxylic acids is 1. The predicted octanol–water partition coefficient (Wildman–Crippen LogP) is 3.61. The van der Waals surface area contributed by atoms with Gasteiger partial charge in [0, 0.05) is 25.7 Å². The van der Waals surface area contributed by atoms with Crippen LogP contribution < -0.4 is 0 Å². The van der Waals surface area contributed by atoms with Crippen molar-refractivity contribution < 1.29 is 29.1 Å². The summed E-state index contributed by atoms with van der Waals surface area (Å²) in [6.07, 6.45) is 2.54. The van der Waals surface area contributed by atoms with Crippen LogP contribution in [0.5, 0.6) is 0 Å². The van der Waals surface area contributed by atoms with E-state index in [4.69, 9.17) is 9.63 Å². The molecule has 166 valence electrons. The largest absolute Gasteiger partial charge is 0.511 e. The van der Waals surface area contributed by atoms with Crippen molar-refractivity contribution in [3.63, 3.8) is 0 Å². The fourth-order valence-electron chi connectivity index (χ4n) is 4.41. The molecule has 2 N–H and O–H groups in total. The Balaban J connectivity index is 1.55. The van der Waals surface area contributed by atoms with Gasteiger partial charge in [-0.2, -0.15) is 0 Å². The molecule has 0 aliphatic heterocycles. The van der Waals surface area contributed by atoms with E-state index in [0.29, 0.717) is 42.7 Å². The number of Topliss-reactive ketones (excluding diaryl/α,β-unsaturated/α-hetero) is 2. The third-order valence-corrected chi connectivity index (χ3v) is 5.92. The van der Waals surface area contributed by atoms with E-state index in [0.717, 1.165) is 5.56 Å². The first kappa shape index (κ1) is 21.7. The smallest absolute Gasteiger partial charge is 0.325 e. The van der Waals surface area contributed by atoms with Crippen molar-refractivity contribution in [2.45, 2.75) is 50.9 Å². The second-order valence-electron chi connectivity index (χ2n) is 8.12. The molecule has 2 aromatic rings. The Morgan fingerprint density at radius 2 is 1.91 bits per heavy atom. The maximum Gasteiger partial charge on any atom is 0.325 e. The van der Waals surface area contributed by atoms with Gasteiger partial charge in [-0.15, -0.1) is 0 Å². The van der Waals surface area contributed by atoms with Crippen LogP contribution in [0.25, 0.3) is 0 Å². The van der Waals surface area contributed by atoms with Crippen molar-refractivity contribution in [2.75, 3.05) is 6.54 Å². The number of benzene rings is 1. The van der Waals surface area contributed by atoms with Crippen LogP contribution in [0.4, 0.5) is 0 Å². The van der Waals surface area contributed by atoms with Gasteiger partial charge in [0.15, 0.2) is 11.6 Å². The average Bonchev–Trinajstić information content (AvgIpc) is 3.19. The lowest BCUT2D eigenvalue weighted by Gasteiger charge is -2.20. The van der Waals surface area contributed by atoms with Gasteiger partial charge < -0.3 is 14.7 Å². The van der Waals surface area contributed by atoms with Gasteiger partial charge in [-0.3, -0.25) is 19.4 Å². The van der Waals surface area contributed by atoms with Crippen LogP contribution in [0, 0.1) is 0 Å². The highest BCUT2D eigenvalue weighted by atomic mass is 16.5. The zero-order valence-electron chi connectivity index (χ0n) is 17.5. The zero-order valence-corrected chi connectivity index (χ0v) is 17.5. The Morgan fingerprint density at radius 3 is 2.62 bits per heavy atom. The monoisotopic (exact) mass is 436 g/mol. The number of hydrogen-bond acceptors (Lipinski definition) is 7. The molecular formula is C24H24N2O6. The first-order chi connectivity index (χ1) is 15.4. The number of aliphatic imine (C=N–C) groups is 1. The van der Waals surface area contributed by atoms with E-state index in [-0.39, 0.29) is 53.8 Å². The summed E-state index contributed by atoms with van der Waals surface area (Å²) in [7, 11) is 0. The molecular weight excluding hydrogens is 412 g/mol. The Hall–Kier alpha value is -3.55. The second kappa shape index (κ2) is 9.30. The van der Waals surface area contributed by atoms with E-state index in [1.54, 1.807) is 0 Å². The summed E-state index contributed by atoms with van der Waals surface area (Å²) in [5.74, 6) is -0.907. The summed E-state index contributed by atoms with van der Waals surface area (Å²) in [6, 6.07) is 9.80. The minimum absolute atomic E-state index is 0.0339. The van der Waals surface area contributed by atoms with Crippen LogP contribution in [0.2, 0.25) is 0 Å². The zero-order chi connectivity index (χ0) is 22.7. The molecule has 2 aliphatic rings. The van der Waals surface area contributed by atoms with E-state index in [2.05, 4.69) is 10.1 Å². The molecule has 0 amide bonds. The van der Waals surface area contributed by atoms with Crippen molar-refractivity contribution >= 4 is 23.2 Å². The summed E-state index contributed by atoms with van der Waals surface area (Å²) in [5, 5.41) is 23.4. The van der Waals surface area contributed by atoms with Gasteiger partial charge in [0.2, 0.25) is 0 Å². The van der Waals surface area contributed by atoms with Gasteiger partial charge in [0.1, 0.15) is 18.1 Å². The van der Waals surface area contributed by atoms with E-state index in [1.165, 1.54) is 0 Å². The van der Waals surface area contributed by atoms with Gasteiger partial charge in [-0.25, -0.2) is 0 Å². The van der Waals surface area contributed by atoms with Crippen LogP contribution in [0.3, 0.4) is 0 Å². The third kappa shape index (κ3) is 4.54. The lowest BCUT2D eigenvalue weighted by Crippen LogP contribution is -2.22. The number of carbonyl (C=O) groups is 3. The summed E-state index contributed by atoms with van der Waals surface area (Å²) >= 11 is 0. The summed E-state index contributed by atoms with van der Waals surface area (Å²) in [5.41, 5.74) is 2.36. The topological polar surface area (TPSA) is 130 Å². The number of aryl methyl sites for hydroxylation is 1. The van der Waals surface area contributed by atoms with Gasteiger partial charge in [-0.1, -0.05) is 35.5 Å². The number of rotatable bonds is 7. The first-order valence-electron chi connectivity index (χ1n) is 10.7. The Kier molecular flexibility index (Phi) is 6.30. The second-order valence-corrected chi connectivity index (χ2v) is 8.12. The summed E-state index contributed by atoms with van der Waals surface area (Å²) in [6.45, 7) is -0.506. The number of aliphatic hydroxyl groups is 1. The Labute approximate surface area is 184 Å². The molecule has 8 heteroatoms. The molecule has 0 saturated carbocycles. The molecule has 0 radical (unpaired) electrons. The van der Waals surface area contributed by atoms with Gasteiger partial charge in [0.05, 0.1) is 22.5 Å². The third-order valence-electron chi connectivity index (χ3n) is 5.92. The number of nitrogens with zero attached hydrogens (tertiary/aromatic N) is 2. The van der Waals surface area contributed by atoms with Crippen LogP contribution in [0.1, 0.15) is 65.4 Å². The van der Waals surface area contributed by atoms with Crippen LogP contribution in [-0.2, 0) is 22.4 Å². The molecule has 0 saturated heterocycles. The average molecular weight is 436 g/mol. The Morgan fingerprint density at radius 1 is 1.12 bits per heavy atom. The molecule has 32 heavy (non-hydrogen) atoms. The highest BCUT2D eigenvalue weighted by Crippen LogP contribution is 2.34. The predicted molar refractivity (Wildman–Crippen MR) is 115 cm³/mol. The highest BCUT2D eigenvalue weighted by molar-refractivity contribution is 6.23. The lowest BCUT2D eigenvalue weighted by atomic mass is 9.81. The van der Waals surface area contributed by atoms with Crippen molar-refractivity contribution in [2.24, 2.45) is 4.99 Å². The first-order valence-corrected chi connectivity index (χ1v) is 10.7. The Bertz CT molecular complexity index is 1110. The SMILES string of the molecule is O=C(O)CN=C(CCc1noc2c1C(=O)CC(c1ccccc1)C2)C1=C(O)CCCC1=O. The van der Waals surface area contributed by atoms with Crippen molar-refractivity contribution in [1.29, 1.82) is 0 Å². The van der Waals surface area contributed by atoms with Gasteiger partial charge in [-0.05, 0) is 30.7 Å². The number of carbonyl (C=O) groups excluding carboxylic acids is 2. The van der Waals surface area contributed by atoms with Crippen LogP contribution >= 0.6 is 0 Å². The number of aromatic nitrogens is 1. The number of ketones is 2. The summed E-state index contributed by atoms with van der Waals surface area (Å²) in [4.78, 5) is 40.4. The quantitative estimate of drug-likeness (QED) is 0.634. The van der Waals surface area contributed by atoms with Crippen molar-refractivity contribution in [3.05, 3.63) is 64.2 Å². The van der Waals surface area contributed by atoms with Crippen LogP contribution in [0.15, 0.2) is 51.2 Å². The van der Waals surface area contributed by atoms with E-state index < -0.39 is 12.5 Å². The van der Waals surface area contributed by atoms with E-state index >= 15 is 0 Å². The van der Waals surface area contributed by atoms with E-state index in [1.807, 2.05) is 30.3 Å². The number of carboxylic acid groups (broad SMARTS) is 1. The fourth-order valence-corrected chi connectivity index (χ4v) is 4.41. The van der Waals surface area contributed by atoms with Crippen LogP contribution in [-0.4, -0.2) is 45.2 Å². The number of allylic oxidation sites excluding steroid dienone is 2. The standard InChI is InChI=1S/C24H24N2O6/c27-18-7-4-8-19(28)23(18)16(25-13-22(30)31)9-10-17-24-20(29)11-15(12-21(24)32-26-17)14-5-2-1-3-6-14/h1-3,5-6,15,27H,4,7-13H2,(H,30,31). The molecule has 1 aromatic heterocycles. The number of aliphatic carboxylic acids is 1. The molecule has 1 atom stereocenters. The van der Waals surface area contributed by atoms with Gasteiger partial charge >= 0.3 is 5.97 Å². The molecule has 2 aliphatic carbocycles. The lowest BCUT2D eigenvalue weighted by molar-refractivity contribution is -0.135. The van der Waals surface area contributed by atoms with Crippen molar-refractivity contribution in [1.82, 2.24) is 5.16 Å². The summed E-state index contributed by atoms with van der Waals surface area (Å²) < 4.78 is 5.49. The molecule has 0 spiro atoms. The maximum absolute atomic E-state index is 12.9. The highest BCUT2D eigenvalue weighted by Gasteiger charge is 2.33. The molecule has 1 heterocycles. The van der Waals surface area contributed by atoms with Crippen molar-refractivity contribution in [3.8, 4) is 0 Å². The number of aliphatic hydroxyl groups excluding tert-OH is 1. The molecule has 0 fully saturated rings. The minimum atomic E-state index is -1.13. The number of hydrogen-bond donors (Lipinski definition) is 2. The molecule has 8 nitrogen and oxygen atoms in total. The molecule has 1 aromatic carbocycles. The van der Waals surface area contributed by atoms with E-state index in [9.17, 15) is 19.5 Å². The molecule has 0 bridgehead atoms. The normalized spacial score (nSPS) is 19.2. The number of fused-ring (bicyclic) bond motifs is 1. The molecule has 1 unspecified atom stereocenters. The van der Waals surface area contributed by atoms with Gasteiger partial charge in [0.25, 0.3) is 0 Å². The minimum Gasteiger partial charge on any atom is -0.511 e. The fraction of sp³-hybridized carbons (Fsp3) is 0.375. The molecule has 4 rings (SSSR count). The maximum atomic E-state index is 12.9.